The van der Waals surface area contributed by atoms with Gasteiger partial charge in [-0.15, -0.1) is 0 Å². The van der Waals surface area contributed by atoms with Crippen molar-refractivity contribution in [2.45, 2.75) is 13.2 Å². The highest BCUT2D eigenvalue weighted by Crippen LogP contribution is 2.31. The number of hydrogen-bond acceptors (Lipinski definition) is 6. The summed E-state index contributed by atoms with van der Waals surface area (Å²) in [5.41, 5.74) is 2.40. The normalized spacial score (nSPS) is 10.6. The molecule has 2 heterocycles. The molecule has 1 aromatic carbocycles. The van der Waals surface area contributed by atoms with Gasteiger partial charge in [0.2, 0.25) is 5.89 Å². The summed E-state index contributed by atoms with van der Waals surface area (Å²) in [6, 6.07) is 11.2. The Balaban J connectivity index is 1.65. The molecular formula is C18H18N2O4. The van der Waals surface area contributed by atoms with Crippen LogP contribution in [0.2, 0.25) is 0 Å². The maximum Gasteiger partial charge on any atom is 0.226 e. The van der Waals surface area contributed by atoms with E-state index in [1.165, 1.54) is 0 Å². The Labute approximate surface area is 140 Å². The Morgan fingerprint density at radius 1 is 0.958 bits per heavy atom. The van der Waals surface area contributed by atoms with E-state index >= 15 is 0 Å². The van der Waals surface area contributed by atoms with E-state index in [0.29, 0.717) is 30.6 Å². The van der Waals surface area contributed by atoms with E-state index in [9.17, 15) is 0 Å². The van der Waals surface area contributed by atoms with Crippen molar-refractivity contribution in [3.05, 3.63) is 60.2 Å². The molecule has 3 aromatic rings. The average molecular weight is 326 g/mol. The molecule has 2 aromatic heterocycles. The summed E-state index contributed by atoms with van der Waals surface area (Å²) in [6.07, 6.45) is 3.33. The van der Waals surface area contributed by atoms with Crippen molar-refractivity contribution in [1.29, 1.82) is 0 Å². The molecule has 0 aliphatic heterocycles. The fraction of sp³-hybridized carbons (Fsp3) is 0.222. The van der Waals surface area contributed by atoms with Gasteiger partial charge in [0.25, 0.3) is 0 Å². The molecule has 3 rings (SSSR count). The topological polar surface area (TPSA) is 66.6 Å². The zero-order valence-corrected chi connectivity index (χ0v) is 13.6. The minimum absolute atomic E-state index is 0.355. The third-order valence-corrected chi connectivity index (χ3v) is 3.41. The molecule has 124 valence electrons. The Hall–Kier alpha value is -2.86. The zero-order chi connectivity index (χ0) is 16.8. The number of oxazole rings is 1. The van der Waals surface area contributed by atoms with Crippen molar-refractivity contribution in [3.8, 4) is 23.0 Å². The van der Waals surface area contributed by atoms with Gasteiger partial charge in [-0.2, -0.15) is 0 Å². The quantitative estimate of drug-likeness (QED) is 0.662. The molecule has 0 fully saturated rings. The van der Waals surface area contributed by atoms with E-state index in [1.807, 2.05) is 36.4 Å². The first-order valence-electron chi connectivity index (χ1n) is 7.44. The summed E-state index contributed by atoms with van der Waals surface area (Å²) < 4.78 is 21.6. The standard InChI is InChI=1S/C18H18N2O4/c1-21-16-7-6-13(9-17(16)22-2)18-20-15(12-24-18)11-23-10-14-5-3-4-8-19-14/h3-9,12H,10-11H2,1-2H3. The Morgan fingerprint density at radius 2 is 1.79 bits per heavy atom. The SMILES string of the molecule is COc1ccc(-c2nc(COCc3ccccn3)co2)cc1OC. The Kier molecular flexibility index (Phi) is 5.08. The minimum atomic E-state index is 0.355. The highest BCUT2D eigenvalue weighted by atomic mass is 16.5. The van der Waals surface area contributed by atoms with Gasteiger partial charge in [-0.1, -0.05) is 6.07 Å². The van der Waals surface area contributed by atoms with Crippen LogP contribution in [0, 0.1) is 0 Å². The molecule has 0 atom stereocenters. The second kappa shape index (κ2) is 7.61. The van der Waals surface area contributed by atoms with Crippen LogP contribution in [0.15, 0.2) is 53.3 Å². The third-order valence-electron chi connectivity index (χ3n) is 3.41. The van der Waals surface area contributed by atoms with E-state index in [0.717, 1.165) is 17.0 Å². The van der Waals surface area contributed by atoms with Crippen LogP contribution in [-0.4, -0.2) is 24.2 Å². The summed E-state index contributed by atoms with van der Waals surface area (Å²) >= 11 is 0. The molecular weight excluding hydrogens is 308 g/mol. The summed E-state index contributed by atoms with van der Waals surface area (Å²) in [7, 11) is 3.19. The highest BCUT2D eigenvalue weighted by molar-refractivity contribution is 5.60. The minimum Gasteiger partial charge on any atom is -0.493 e. The highest BCUT2D eigenvalue weighted by Gasteiger charge is 2.11. The molecule has 0 unspecified atom stereocenters. The third kappa shape index (κ3) is 3.72. The first-order chi connectivity index (χ1) is 11.8. The van der Waals surface area contributed by atoms with Crippen LogP contribution < -0.4 is 9.47 Å². The maximum atomic E-state index is 5.61. The first kappa shape index (κ1) is 16.0. The summed E-state index contributed by atoms with van der Waals surface area (Å²) in [4.78, 5) is 8.64. The van der Waals surface area contributed by atoms with Gasteiger partial charge in [-0.3, -0.25) is 4.98 Å². The first-order valence-corrected chi connectivity index (χ1v) is 7.44. The van der Waals surface area contributed by atoms with E-state index in [4.69, 9.17) is 18.6 Å². The lowest BCUT2D eigenvalue weighted by Crippen LogP contribution is -1.96. The lowest BCUT2D eigenvalue weighted by Gasteiger charge is -2.07. The molecule has 0 saturated heterocycles. The molecule has 0 saturated carbocycles. The monoisotopic (exact) mass is 326 g/mol. The van der Waals surface area contributed by atoms with E-state index < -0.39 is 0 Å². The van der Waals surface area contributed by atoms with Crippen molar-refractivity contribution in [1.82, 2.24) is 9.97 Å². The van der Waals surface area contributed by atoms with Gasteiger partial charge < -0.3 is 18.6 Å². The number of rotatable bonds is 7. The van der Waals surface area contributed by atoms with Crippen molar-refractivity contribution in [2.24, 2.45) is 0 Å². The van der Waals surface area contributed by atoms with Gasteiger partial charge in [0, 0.05) is 11.8 Å². The van der Waals surface area contributed by atoms with Crippen molar-refractivity contribution in [3.63, 3.8) is 0 Å². The number of pyridine rings is 1. The Bertz CT molecular complexity index is 787. The second-order valence-electron chi connectivity index (χ2n) is 5.03. The lowest BCUT2D eigenvalue weighted by atomic mass is 10.2. The van der Waals surface area contributed by atoms with E-state index in [2.05, 4.69) is 9.97 Å². The molecule has 24 heavy (non-hydrogen) atoms. The van der Waals surface area contributed by atoms with Crippen LogP contribution in [-0.2, 0) is 18.0 Å². The molecule has 0 bridgehead atoms. The van der Waals surface area contributed by atoms with E-state index in [-0.39, 0.29) is 0 Å². The van der Waals surface area contributed by atoms with Crippen LogP contribution in [0.3, 0.4) is 0 Å². The number of aromatic nitrogens is 2. The number of benzene rings is 1. The number of hydrogen-bond donors (Lipinski definition) is 0. The predicted octanol–water partition coefficient (Wildman–Crippen LogP) is 3.47. The molecule has 0 spiro atoms. The molecule has 0 radical (unpaired) electrons. The van der Waals surface area contributed by atoms with Crippen LogP contribution in [0.1, 0.15) is 11.4 Å². The van der Waals surface area contributed by atoms with Gasteiger partial charge in [-0.25, -0.2) is 4.98 Å². The average Bonchev–Trinajstić information content (AvgIpc) is 3.11. The largest absolute Gasteiger partial charge is 0.493 e. The Morgan fingerprint density at radius 3 is 2.54 bits per heavy atom. The van der Waals surface area contributed by atoms with Gasteiger partial charge >= 0.3 is 0 Å². The van der Waals surface area contributed by atoms with Gasteiger partial charge in [0.15, 0.2) is 11.5 Å². The zero-order valence-electron chi connectivity index (χ0n) is 13.6. The van der Waals surface area contributed by atoms with Crippen molar-refractivity contribution >= 4 is 0 Å². The molecule has 0 amide bonds. The van der Waals surface area contributed by atoms with Gasteiger partial charge in [0.05, 0.1) is 33.1 Å². The van der Waals surface area contributed by atoms with Gasteiger partial charge in [-0.05, 0) is 30.3 Å². The summed E-state index contributed by atoms with van der Waals surface area (Å²) in [6.45, 7) is 0.784. The predicted molar refractivity (Wildman–Crippen MR) is 87.8 cm³/mol. The lowest BCUT2D eigenvalue weighted by molar-refractivity contribution is 0.102. The number of ether oxygens (including phenoxy) is 3. The van der Waals surface area contributed by atoms with Crippen LogP contribution in [0.25, 0.3) is 11.5 Å². The van der Waals surface area contributed by atoms with Gasteiger partial charge in [0.1, 0.15) is 12.0 Å². The van der Waals surface area contributed by atoms with E-state index in [1.54, 1.807) is 26.7 Å². The second-order valence-corrected chi connectivity index (χ2v) is 5.03. The summed E-state index contributed by atoms with van der Waals surface area (Å²) in [5, 5.41) is 0. The fourth-order valence-electron chi connectivity index (χ4n) is 2.22. The molecule has 0 aliphatic carbocycles. The molecule has 6 nitrogen and oxygen atoms in total. The van der Waals surface area contributed by atoms with Crippen molar-refractivity contribution in [2.75, 3.05) is 14.2 Å². The van der Waals surface area contributed by atoms with Crippen LogP contribution in [0.4, 0.5) is 0 Å². The fourth-order valence-corrected chi connectivity index (χ4v) is 2.22. The van der Waals surface area contributed by atoms with Crippen molar-refractivity contribution < 1.29 is 18.6 Å². The summed E-state index contributed by atoms with van der Waals surface area (Å²) in [5.74, 6) is 1.79. The smallest absolute Gasteiger partial charge is 0.226 e. The number of methoxy groups -OCH3 is 2. The number of nitrogens with zero attached hydrogens (tertiary/aromatic N) is 2. The maximum absolute atomic E-state index is 5.61. The van der Waals surface area contributed by atoms with Crippen LogP contribution >= 0.6 is 0 Å². The van der Waals surface area contributed by atoms with Crippen LogP contribution in [0.5, 0.6) is 11.5 Å². The molecule has 0 N–H and O–H groups in total. The molecule has 0 aliphatic rings. The molecule has 6 heteroatoms.